The molecule has 0 spiro atoms. The number of hydrogen-bond donors (Lipinski definition) is 0. The minimum atomic E-state index is -0.163. The van der Waals surface area contributed by atoms with Crippen LogP contribution in [-0.2, 0) is 5.41 Å². The zero-order valence-corrected chi connectivity index (χ0v) is 26.8. The van der Waals surface area contributed by atoms with Crippen LogP contribution < -0.4 is 4.90 Å². The van der Waals surface area contributed by atoms with Gasteiger partial charge in [0.15, 0.2) is 0 Å². The summed E-state index contributed by atoms with van der Waals surface area (Å²) in [6, 6.07) is 57.1. The zero-order chi connectivity index (χ0) is 32.0. The third-order valence-electron chi connectivity index (χ3n) is 10.4. The molecule has 0 amide bonds. The topological polar surface area (TPSA) is 21.3 Å². The van der Waals surface area contributed by atoms with Gasteiger partial charge in [0.25, 0.3) is 0 Å². The first-order chi connectivity index (χ1) is 23.6. The van der Waals surface area contributed by atoms with Gasteiger partial charge in [0.1, 0.15) is 11.2 Å². The van der Waals surface area contributed by atoms with Gasteiger partial charge >= 0.3 is 0 Å². The summed E-state index contributed by atoms with van der Waals surface area (Å²) >= 11 is 0. The van der Waals surface area contributed by atoms with E-state index in [-0.39, 0.29) is 5.41 Å². The summed E-state index contributed by atoms with van der Waals surface area (Å²) in [5, 5.41) is 4.76. The fourth-order valence-electron chi connectivity index (χ4n) is 8.02. The van der Waals surface area contributed by atoms with E-state index in [2.05, 4.69) is 169 Å². The van der Waals surface area contributed by atoms with Gasteiger partial charge in [-0.25, -0.2) is 0 Å². The van der Waals surface area contributed by atoms with Crippen molar-refractivity contribution in [1.29, 1.82) is 0 Å². The van der Waals surface area contributed by atoms with Crippen molar-refractivity contribution in [3.05, 3.63) is 169 Å². The molecule has 0 radical (unpaired) electrons. The number of anilines is 3. The maximum atomic E-state index is 6.16. The van der Waals surface area contributed by atoms with Gasteiger partial charge in [-0.2, -0.15) is 0 Å². The lowest BCUT2D eigenvalue weighted by Crippen LogP contribution is -2.30. The van der Waals surface area contributed by atoms with E-state index in [1.165, 1.54) is 61.1 Å². The lowest BCUT2D eigenvalue weighted by molar-refractivity contribution is 0.632. The molecular weight excluding hydrogens is 585 g/mol. The van der Waals surface area contributed by atoms with Crippen LogP contribution in [-0.4, -0.2) is 4.57 Å². The Labute approximate surface area is 278 Å². The molecule has 0 N–H and O–H groups in total. The molecule has 1 aliphatic heterocycles. The Kier molecular flexibility index (Phi) is 5.63. The molecule has 3 nitrogen and oxygen atoms in total. The van der Waals surface area contributed by atoms with E-state index in [1.807, 2.05) is 12.1 Å². The Bertz CT molecular complexity index is 2710. The molecule has 0 aliphatic carbocycles. The number of furan rings is 1. The number of fused-ring (bicyclic) bond motifs is 8. The van der Waals surface area contributed by atoms with Crippen molar-refractivity contribution in [3.8, 4) is 16.8 Å². The number of rotatable bonds is 3. The van der Waals surface area contributed by atoms with Crippen molar-refractivity contribution in [2.75, 3.05) is 4.90 Å². The Morgan fingerprint density at radius 2 is 1.10 bits per heavy atom. The molecule has 0 unspecified atom stereocenters. The van der Waals surface area contributed by atoms with Gasteiger partial charge in [-0.1, -0.05) is 98.8 Å². The fraction of sp³-hybridized carbons (Fsp3) is 0.0667. The highest BCUT2D eigenvalue weighted by Crippen LogP contribution is 2.52. The van der Waals surface area contributed by atoms with Crippen molar-refractivity contribution >= 4 is 60.8 Å². The summed E-state index contributed by atoms with van der Waals surface area (Å²) in [4.78, 5) is 2.41. The van der Waals surface area contributed by atoms with Crippen molar-refractivity contribution in [3.63, 3.8) is 0 Å². The lowest BCUT2D eigenvalue weighted by atomic mass is 9.73. The molecular formula is C45H32N2O. The van der Waals surface area contributed by atoms with Crippen LogP contribution >= 0.6 is 0 Å². The van der Waals surface area contributed by atoms with Crippen molar-refractivity contribution in [2.45, 2.75) is 19.3 Å². The molecule has 0 fully saturated rings. The minimum absolute atomic E-state index is 0.163. The predicted molar refractivity (Wildman–Crippen MR) is 200 cm³/mol. The van der Waals surface area contributed by atoms with E-state index in [4.69, 9.17) is 4.42 Å². The molecule has 0 saturated carbocycles. The molecule has 7 aromatic carbocycles. The van der Waals surface area contributed by atoms with E-state index >= 15 is 0 Å². The molecule has 9 aromatic rings. The number of hydrogen-bond acceptors (Lipinski definition) is 2. The van der Waals surface area contributed by atoms with Gasteiger partial charge in [-0.05, 0) is 95.1 Å². The molecule has 0 bridgehead atoms. The molecule has 0 atom stereocenters. The Balaban J connectivity index is 1.15. The molecule has 1 aliphatic rings. The highest BCUT2D eigenvalue weighted by molar-refractivity contribution is 6.11. The van der Waals surface area contributed by atoms with Gasteiger partial charge in [-0.15, -0.1) is 0 Å². The molecule has 48 heavy (non-hydrogen) atoms. The first-order valence-corrected chi connectivity index (χ1v) is 16.6. The van der Waals surface area contributed by atoms with E-state index in [0.29, 0.717) is 0 Å². The summed E-state index contributed by atoms with van der Waals surface area (Å²) in [7, 11) is 0. The SMILES string of the molecule is CC1(C)c2ccccc2N(c2ccccc2)c2ccc(-c3ccc4c(c3)c3ccccc3n4-c3ccc4oc5ccccc5c4c3)cc21. The fourth-order valence-corrected chi connectivity index (χ4v) is 8.02. The van der Waals surface area contributed by atoms with Gasteiger partial charge in [0.2, 0.25) is 0 Å². The molecule has 3 heterocycles. The summed E-state index contributed by atoms with van der Waals surface area (Å²) in [5.74, 6) is 0. The summed E-state index contributed by atoms with van der Waals surface area (Å²) < 4.78 is 8.55. The summed E-state index contributed by atoms with van der Waals surface area (Å²) in [5.41, 5.74) is 13.9. The number of para-hydroxylation sites is 4. The predicted octanol–water partition coefficient (Wildman–Crippen LogP) is 12.5. The number of nitrogens with zero attached hydrogens (tertiary/aromatic N) is 2. The van der Waals surface area contributed by atoms with Gasteiger partial charge < -0.3 is 13.9 Å². The lowest BCUT2D eigenvalue weighted by Gasteiger charge is -2.42. The monoisotopic (exact) mass is 616 g/mol. The van der Waals surface area contributed by atoms with Crippen LogP contribution in [0.1, 0.15) is 25.0 Å². The van der Waals surface area contributed by atoms with Crippen LogP contribution in [0.4, 0.5) is 17.1 Å². The van der Waals surface area contributed by atoms with Crippen LogP contribution in [0.2, 0.25) is 0 Å². The van der Waals surface area contributed by atoms with Gasteiger partial charge in [0.05, 0.1) is 22.4 Å². The van der Waals surface area contributed by atoms with Crippen LogP contribution in [0.25, 0.3) is 60.6 Å². The van der Waals surface area contributed by atoms with Crippen LogP contribution in [0, 0.1) is 0 Å². The quantitative estimate of drug-likeness (QED) is 0.197. The van der Waals surface area contributed by atoms with Crippen molar-refractivity contribution < 1.29 is 4.42 Å². The highest BCUT2D eigenvalue weighted by atomic mass is 16.3. The summed E-state index contributed by atoms with van der Waals surface area (Å²) in [6.45, 7) is 4.71. The van der Waals surface area contributed by atoms with Crippen LogP contribution in [0.15, 0.2) is 162 Å². The molecule has 0 saturated heterocycles. The summed E-state index contributed by atoms with van der Waals surface area (Å²) in [6.07, 6.45) is 0. The molecule has 10 rings (SSSR count). The minimum Gasteiger partial charge on any atom is -0.456 e. The Morgan fingerprint density at radius 3 is 2.00 bits per heavy atom. The second kappa shape index (κ2) is 9.97. The number of benzene rings is 7. The normalized spacial score (nSPS) is 13.8. The maximum Gasteiger partial charge on any atom is 0.135 e. The van der Waals surface area contributed by atoms with Crippen molar-refractivity contribution in [1.82, 2.24) is 4.57 Å². The smallest absolute Gasteiger partial charge is 0.135 e. The molecule has 2 aromatic heterocycles. The molecule has 3 heteroatoms. The first kappa shape index (κ1) is 27.1. The average Bonchev–Trinajstić information content (AvgIpc) is 3.67. The van der Waals surface area contributed by atoms with Gasteiger partial charge in [-0.3, -0.25) is 0 Å². The second-order valence-electron chi connectivity index (χ2n) is 13.4. The average molecular weight is 617 g/mol. The standard InChI is InChI=1S/C45H32N2O/c1-45(2)37-16-8-10-18-41(37)46(31-12-4-3-5-13-31)42-24-21-30(27-38(42)45)29-20-23-40-35(26-29)33-14-6-9-17-39(33)47(40)32-22-25-44-36(28-32)34-15-7-11-19-43(34)48-44/h3-28H,1-2H3. The van der Waals surface area contributed by atoms with E-state index in [1.54, 1.807) is 0 Å². The van der Waals surface area contributed by atoms with E-state index in [9.17, 15) is 0 Å². The Hall–Kier alpha value is -6.06. The van der Waals surface area contributed by atoms with Crippen LogP contribution in [0.5, 0.6) is 0 Å². The Morgan fingerprint density at radius 1 is 0.438 bits per heavy atom. The van der Waals surface area contributed by atoms with E-state index < -0.39 is 0 Å². The zero-order valence-electron chi connectivity index (χ0n) is 26.8. The third kappa shape index (κ3) is 3.82. The van der Waals surface area contributed by atoms with Crippen LogP contribution in [0.3, 0.4) is 0 Å². The highest BCUT2D eigenvalue weighted by Gasteiger charge is 2.37. The molecule has 228 valence electrons. The largest absolute Gasteiger partial charge is 0.456 e. The third-order valence-corrected chi connectivity index (χ3v) is 10.4. The number of aromatic nitrogens is 1. The first-order valence-electron chi connectivity index (χ1n) is 16.6. The van der Waals surface area contributed by atoms with E-state index in [0.717, 1.165) is 27.6 Å². The van der Waals surface area contributed by atoms with Crippen molar-refractivity contribution in [2.24, 2.45) is 0 Å². The van der Waals surface area contributed by atoms with Gasteiger partial charge in [0, 0.05) is 38.3 Å². The maximum absolute atomic E-state index is 6.16. The second-order valence-corrected chi connectivity index (χ2v) is 13.4.